The number of aryl methyl sites for hydroxylation is 1. The summed E-state index contributed by atoms with van der Waals surface area (Å²) in [6.45, 7) is 2.03. The van der Waals surface area contributed by atoms with Gasteiger partial charge in [0.1, 0.15) is 0 Å². The van der Waals surface area contributed by atoms with Crippen LogP contribution in [0.5, 0.6) is 0 Å². The summed E-state index contributed by atoms with van der Waals surface area (Å²) in [4.78, 5) is 0. The molecule has 0 radical (unpaired) electrons. The minimum Gasteiger partial charge on any atom is -0.235 e. The first kappa shape index (κ1) is 15.9. The Morgan fingerprint density at radius 1 is 1.40 bits per heavy atom. The highest BCUT2D eigenvalue weighted by atomic mass is 79.9. The van der Waals surface area contributed by atoms with Crippen LogP contribution >= 0.6 is 15.9 Å². The van der Waals surface area contributed by atoms with Crippen molar-refractivity contribution in [3.63, 3.8) is 0 Å². The van der Waals surface area contributed by atoms with Crippen molar-refractivity contribution in [3.8, 4) is 0 Å². The van der Waals surface area contributed by atoms with Crippen LogP contribution < -0.4 is 4.72 Å². The summed E-state index contributed by atoms with van der Waals surface area (Å²) in [6, 6.07) is -0.0119. The van der Waals surface area contributed by atoms with E-state index in [2.05, 4.69) is 31.0 Å². The average molecular weight is 365 g/mol. The molecule has 2 rings (SSSR count). The molecule has 20 heavy (non-hydrogen) atoms. The maximum atomic E-state index is 12.5. The van der Waals surface area contributed by atoms with Crippen molar-refractivity contribution in [1.29, 1.82) is 0 Å². The van der Waals surface area contributed by atoms with E-state index in [1.54, 1.807) is 7.05 Å². The topological polar surface area (TPSA) is 76.9 Å². The maximum absolute atomic E-state index is 12.5. The molecule has 0 bridgehead atoms. The normalized spacial score (nSPS) is 19.1. The maximum Gasteiger partial charge on any atom is 0.260 e. The van der Waals surface area contributed by atoms with Crippen molar-refractivity contribution in [2.45, 2.75) is 56.5 Å². The van der Waals surface area contributed by atoms with Crippen LogP contribution in [0.3, 0.4) is 0 Å². The first-order valence-electron chi connectivity index (χ1n) is 7.03. The van der Waals surface area contributed by atoms with Gasteiger partial charge < -0.3 is 0 Å². The van der Waals surface area contributed by atoms with Crippen LogP contribution in [0, 0.1) is 5.92 Å². The highest BCUT2D eigenvalue weighted by Gasteiger charge is 2.30. The number of halogens is 1. The molecule has 1 N–H and O–H groups in total. The SMILES string of the molecule is CCC(NS(=O)(=O)c1c(Br)nnn1C)C1CCCCC1. The minimum absolute atomic E-state index is 0.0119. The van der Waals surface area contributed by atoms with Gasteiger partial charge in [0.2, 0.25) is 5.03 Å². The van der Waals surface area contributed by atoms with Crippen LogP contribution in [-0.4, -0.2) is 29.5 Å². The Labute approximate surface area is 128 Å². The lowest BCUT2D eigenvalue weighted by Crippen LogP contribution is -2.41. The molecule has 1 heterocycles. The van der Waals surface area contributed by atoms with E-state index >= 15 is 0 Å². The zero-order valence-electron chi connectivity index (χ0n) is 11.8. The summed E-state index contributed by atoms with van der Waals surface area (Å²) in [6.07, 6.45) is 6.65. The Morgan fingerprint density at radius 3 is 2.55 bits per heavy atom. The van der Waals surface area contributed by atoms with E-state index < -0.39 is 10.0 Å². The van der Waals surface area contributed by atoms with Crippen molar-refractivity contribution in [2.24, 2.45) is 13.0 Å². The number of aromatic nitrogens is 3. The second kappa shape index (κ2) is 6.53. The Balaban J connectivity index is 2.17. The van der Waals surface area contributed by atoms with Gasteiger partial charge >= 0.3 is 0 Å². The highest BCUT2D eigenvalue weighted by molar-refractivity contribution is 9.10. The number of hydrogen-bond donors (Lipinski definition) is 1. The summed E-state index contributed by atoms with van der Waals surface area (Å²) in [5, 5.41) is 7.56. The molecule has 0 amide bonds. The molecule has 1 atom stereocenters. The molecular weight excluding hydrogens is 344 g/mol. The molecule has 1 aliphatic rings. The summed E-state index contributed by atoms with van der Waals surface area (Å²) >= 11 is 3.15. The molecular formula is C12H21BrN4O2S. The van der Waals surface area contributed by atoms with Crippen LogP contribution in [0.1, 0.15) is 45.4 Å². The van der Waals surface area contributed by atoms with E-state index in [0.29, 0.717) is 5.92 Å². The van der Waals surface area contributed by atoms with Gasteiger partial charge in [0.25, 0.3) is 10.0 Å². The predicted molar refractivity (Wildman–Crippen MR) is 79.7 cm³/mol. The Morgan fingerprint density at radius 2 is 2.05 bits per heavy atom. The van der Waals surface area contributed by atoms with Crippen molar-refractivity contribution in [3.05, 3.63) is 4.60 Å². The Hall–Kier alpha value is -0.470. The van der Waals surface area contributed by atoms with Crippen molar-refractivity contribution < 1.29 is 8.42 Å². The lowest BCUT2D eigenvalue weighted by molar-refractivity contribution is 0.285. The molecule has 1 unspecified atom stereocenters. The largest absolute Gasteiger partial charge is 0.260 e. The molecule has 1 aromatic heterocycles. The first-order chi connectivity index (χ1) is 9.45. The molecule has 1 fully saturated rings. The van der Waals surface area contributed by atoms with Gasteiger partial charge in [0.15, 0.2) is 4.60 Å². The van der Waals surface area contributed by atoms with Gasteiger partial charge in [-0.2, -0.15) is 0 Å². The molecule has 0 saturated heterocycles. The number of sulfonamides is 1. The van der Waals surface area contributed by atoms with Gasteiger partial charge in [-0.05, 0) is 41.1 Å². The third kappa shape index (κ3) is 3.40. The second-order valence-electron chi connectivity index (χ2n) is 5.34. The summed E-state index contributed by atoms with van der Waals surface area (Å²) in [7, 11) is -2.02. The third-order valence-corrected chi connectivity index (χ3v) is 6.33. The van der Waals surface area contributed by atoms with Gasteiger partial charge in [-0.25, -0.2) is 17.8 Å². The smallest absolute Gasteiger partial charge is 0.235 e. The van der Waals surface area contributed by atoms with E-state index in [-0.39, 0.29) is 15.7 Å². The minimum atomic E-state index is -3.60. The number of nitrogens with zero attached hydrogens (tertiary/aromatic N) is 3. The van der Waals surface area contributed by atoms with Gasteiger partial charge in [-0.15, -0.1) is 5.10 Å². The van der Waals surface area contributed by atoms with Gasteiger partial charge in [-0.3, -0.25) is 0 Å². The second-order valence-corrected chi connectivity index (χ2v) is 7.72. The lowest BCUT2D eigenvalue weighted by atomic mass is 9.83. The van der Waals surface area contributed by atoms with Gasteiger partial charge in [0, 0.05) is 13.1 Å². The number of rotatable bonds is 5. The Kier molecular flexibility index (Phi) is 5.19. The fourth-order valence-electron chi connectivity index (χ4n) is 2.91. The van der Waals surface area contributed by atoms with Crippen molar-refractivity contribution in [2.75, 3.05) is 0 Å². The summed E-state index contributed by atoms with van der Waals surface area (Å²) in [5.74, 6) is 0.434. The van der Waals surface area contributed by atoms with Crippen LogP contribution in [0.25, 0.3) is 0 Å². The fourth-order valence-corrected chi connectivity index (χ4v) is 5.40. The molecule has 0 aliphatic heterocycles. The summed E-state index contributed by atoms with van der Waals surface area (Å²) in [5.41, 5.74) is 0. The standard InChI is InChI=1S/C12H21BrN4O2S/c1-3-10(9-7-5-4-6-8-9)15-20(18,19)12-11(13)14-16-17(12)2/h9-10,15H,3-8H2,1-2H3. The average Bonchev–Trinajstić information content (AvgIpc) is 2.77. The highest BCUT2D eigenvalue weighted by Crippen LogP contribution is 2.29. The molecule has 0 aromatic carbocycles. The van der Waals surface area contributed by atoms with Crippen LogP contribution in [0.2, 0.25) is 0 Å². The van der Waals surface area contributed by atoms with E-state index in [0.717, 1.165) is 19.3 Å². The van der Waals surface area contributed by atoms with Gasteiger partial charge in [-0.1, -0.05) is 31.4 Å². The predicted octanol–water partition coefficient (Wildman–Crippen LogP) is 2.21. The molecule has 8 heteroatoms. The third-order valence-electron chi connectivity index (χ3n) is 3.96. The van der Waals surface area contributed by atoms with Crippen LogP contribution in [0.15, 0.2) is 9.63 Å². The van der Waals surface area contributed by atoms with E-state index in [1.165, 1.54) is 23.9 Å². The fraction of sp³-hybridized carbons (Fsp3) is 0.833. The molecule has 6 nitrogen and oxygen atoms in total. The van der Waals surface area contributed by atoms with Crippen LogP contribution in [-0.2, 0) is 17.1 Å². The first-order valence-corrected chi connectivity index (χ1v) is 9.31. The van der Waals surface area contributed by atoms with Crippen LogP contribution in [0.4, 0.5) is 0 Å². The Bertz CT molecular complexity index is 532. The molecule has 0 spiro atoms. The van der Waals surface area contributed by atoms with E-state index in [9.17, 15) is 8.42 Å². The molecule has 1 saturated carbocycles. The zero-order valence-corrected chi connectivity index (χ0v) is 14.2. The summed E-state index contributed by atoms with van der Waals surface area (Å²) < 4.78 is 29.4. The van der Waals surface area contributed by atoms with Gasteiger partial charge in [0.05, 0.1) is 0 Å². The lowest BCUT2D eigenvalue weighted by Gasteiger charge is -2.29. The molecule has 114 valence electrons. The van der Waals surface area contributed by atoms with E-state index in [1.807, 2.05) is 6.92 Å². The molecule has 1 aromatic rings. The monoisotopic (exact) mass is 364 g/mol. The quantitative estimate of drug-likeness (QED) is 0.868. The number of hydrogen-bond acceptors (Lipinski definition) is 4. The number of nitrogens with one attached hydrogen (secondary N) is 1. The van der Waals surface area contributed by atoms with Crippen molar-refractivity contribution in [1.82, 2.24) is 19.7 Å². The molecule has 1 aliphatic carbocycles. The zero-order chi connectivity index (χ0) is 14.8. The van der Waals surface area contributed by atoms with E-state index in [4.69, 9.17) is 0 Å². The van der Waals surface area contributed by atoms with Crippen molar-refractivity contribution >= 4 is 26.0 Å².